The van der Waals surface area contributed by atoms with Crippen LogP contribution in [0.5, 0.6) is 5.75 Å². The van der Waals surface area contributed by atoms with E-state index in [9.17, 15) is 18.7 Å². The van der Waals surface area contributed by atoms with Crippen molar-refractivity contribution in [3.05, 3.63) is 83.9 Å². The molecule has 2 N–H and O–H groups in total. The number of carbonyl (C=O) groups excluding carboxylic acids is 1. The number of alkyl halides is 1. The third kappa shape index (κ3) is 7.08. The third-order valence-corrected chi connectivity index (χ3v) is 7.36. The molecule has 40 heavy (non-hydrogen) atoms. The molecule has 2 aliphatic rings. The van der Waals surface area contributed by atoms with Crippen LogP contribution in [0.2, 0.25) is 0 Å². The van der Waals surface area contributed by atoms with Crippen LogP contribution in [0.15, 0.2) is 71.8 Å². The summed E-state index contributed by atoms with van der Waals surface area (Å²) in [5.74, 6) is 0.504. The van der Waals surface area contributed by atoms with Gasteiger partial charge in [0, 0.05) is 37.1 Å². The molecule has 2 aliphatic heterocycles. The van der Waals surface area contributed by atoms with Gasteiger partial charge in [0.25, 0.3) is 5.91 Å². The summed E-state index contributed by atoms with van der Waals surface area (Å²) in [5, 5.41) is 17.3. The van der Waals surface area contributed by atoms with Crippen LogP contribution in [0, 0.1) is 5.82 Å². The molecule has 11 heteroatoms. The standard InChI is InChI=1S/C23H27FN6O2.C6H5FS/c24-17-6-11-29(15-17)22-5-4-21-25-13-20(30(21)27-22)23(32)26-18-7-9-28(10-8-18)14-16-2-1-3-19(31)12-16;7-5-2-1-3-6(8)4-5/h1-5,12-13,17-18,31H,6-11,14-15H2,(H,26,32);1-4,8H. The number of phenolic OH excluding ortho intramolecular Hbond substituents is 1. The fraction of sp³-hybridized carbons (Fsp3) is 0.345. The van der Waals surface area contributed by atoms with Gasteiger partial charge in [-0.1, -0.05) is 18.2 Å². The van der Waals surface area contributed by atoms with Crippen molar-refractivity contribution in [3.63, 3.8) is 0 Å². The summed E-state index contributed by atoms with van der Waals surface area (Å²) in [6.45, 7) is 3.48. The van der Waals surface area contributed by atoms with Crippen molar-refractivity contribution in [2.45, 2.75) is 42.9 Å². The van der Waals surface area contributed by atoms with Crippen molar-refractivity contribution in [2.24, 2.45) is 0 Å². The minimum atomic E-state index is -0.837. The van der Waals surface area contributed by atoms with Crippen molar-refractivity contribution in [1.29, 1.82) is 0 Å². The average Bonchev–Trinajstić information content (AvgIpc) is 3.56. The lowest BCUT2D eigenvalue weighted by atomic mass is 10.0. The molecule has 4 aromatic rings. The van der Waals surface area contributed by atoms with E-state index in [0.717, 1.165) is 38.0 Å². The number of aromatic nitrogens is 3. The number of hydrogen-bond acceptors (Lipinski definition) is 7. The SMILES string of the molecule is Fc1cccc(S)c1.O=C(NC1CCN(Cc2cccc(O)c2)CC1)c1cnc2ccc(N3CCC(F)C3)nn12. The number of nitrogens with one attached hydrogen (secondary N) is 1. The first-order chi connectivity index (χ1) is 19.3. The highest BCUT2D eigenvalue weighted by atomic mass is 32.1. The molecule has 1 atom stereocenters. The lowest BCUT2D eigenvalue weighted by molar-refractivity contribution is 0.0901. The minimum Gasteiger partial charge on any atom is -0.508 e. The van der Waals surface area contributed by atoms with Crippen molar-refractivity contribution in [3.8, 4) is 5.75 Å². The zero-order valence-electron chi connectivity index (χ0n) is 22.0. The molecule has 8 nitrogen and oxygen atoms in total. The minimum absolute atomic E-state index is 0.0857. The predicted molar refractivity (Wildman–Crippen MR) is 152 cm³/mol. The maximum atomic E-state index is 13.6. The highest BCUT2D eigenvalue weighted by molar-refractivity contribution is 7.80. The largest absolute Gasteiger partial charge is 0.508 e. The Hall–Kier alpha value is -3.70. The van der Waals surface area contributed by atoms with Crippen molar-refractivity contribution < 1.29 is 18.7 Å². The normalized spacial score (nSPS) is 18.0. The smallest absolute Gasteiger partial charge is 0.271 e. The highest BCUT2D eigenvalue weighted by Gasteiger charge is 2.25. The number of anilines is 1. The molecule has 6 rings (SSSR count). The number of nitrogens with zero attached hydrogens (tertiary/aromatic N) is 5. The number of rotatable bonds is 5. The van der Waals surface area contributed by atoms with Crippen LogP contribution >= 0.6 is 12.6 Å². The van der Waals surface area contributed by atoms with Crippen LogP contribution in [-0.2, 0) is 6.54 Å². The Morgan fingerprint density at radius 2 is 1.85 bits per heavy atom. The van der Waals surface area contributed by atoms with Crippen molar-refractivity contribution >= 4 is 30.0 Å². The number of imidazole rings is 1. The second-order valence-electron chi connectivity index (χ2n) is 10.1. The summed E-state index contributed by atoms with van der Waals surface area (Å²) in [5.41, 5.74) is 2.06. The van der Waals surface area contributed by atoms with E-state index < -0.39 is 6.17 Å². The van der Waals surface area contributed by atoms with Crippen LogP contribution in [0.4, 0.5) is 14.6 Å². The lowest BCUT2D eigenvalue weighted by Crippen LogP contribution is -2.44. The number of halogens is 2. The van der Waals surface area contributed by atoms with Crippen LogP contribution in [-0.4, -0.2) is 68.9 Å². The molecule has 0 aliphatic carbocycles. The van der Waals surface area contributed by atoms with E-state index in [4.69, 9.17) is 0 Å². The maximum absolute atomic E-state index is 13.6. The van der Waals surface area contributed by atoms with Crippen molar-refractivity contribution in [1.82, 2.24) is 24.8 Å². The predicted octanol–water partition coefficient (Wildman–Crippen LogP) is 4.49. The molecule has 0 saturated carbocycles. The monoisotopic (exact) mass is 566 g/mol. The first-order valence-corrected chi connectivity index (χ1v) is 13.8. The van der Waals surface area contributed by atoms with Crippen LogP contribution in [0.25, 0.3) is 5.65 Å². The van der Waals surface area contributed by atoms with Crippen LogP contribution < -0.4 is 10.2 Å². The first-order valence-electron chi connectivity index (χ1n) is 13.3. The Kier molecular flexibility index (Phi) is 8.81. The van der Waals surface area contributed by atoms with Gasteiger partial charge in [0.15, 0.2) is 11.3 Å². The fourth-order valence-corrected chi connectivity index (χ4v) is 5.21. The molecule has 1 amide bonds. The number of aromatic hydroxyl groups is 1. The summed E-state index contributed by atoms with van der Waals surface area (Å²) in [6.07, 6.45) is 2.91. The topological polar surface area (TPSA) is 86.0 Å². The Morgan fingerprint density at radius 1 is 1.05 bits per heavy atom. The number of likely N-dealkylation sites (tertiary alicyclic amines) is 1. The van der Waals surface area contributed by atoms with Gasteiger partial charge >= 0.3 is 0 Å². The number of thiol groups is 1. The first kappa shape index (κ1) is 27.9. The van der Waals surface area contributed by atoms with E-state index in [-0.39, 0.29) is 23.5 Å². The number of phenols is 1. The van der Waals surface area contributed by atoms with Crippen LogP contribution in [0.3, 0.4) is 0 Å². The molecule has 0 radical (unpaired) electrons. The summed E-state index contributed by atoms with van der Waals surface area (Å²) >= 11 is 3.91. The number of piperidine rings is 1. The average molecular weight is 567 g/mol. The number of carbonyl (C=O) groups is 1. The molecule has 2 aromatic heterocycles. The van der Waals surface area contributed by atoms with Gasteiger partial charge in [-0.25, -0.2) is 18.3 Å². The van der Waals surface area contributed by atoms with Gasteiger partial charge in [-0.05, 0) is 67.3 Å². The molecule has 0 bridgehead atoms. The van der Waals surface area contributed by atoms with Gasteiger partial charge < -0.3 is 15.3 Å². The molecule has 0 spiro atoms. The second-order valence-corrected chi connectivity index (χ2v) is 10.6. The molecule has 1 unspecified atom stereocenters. The molecule has 4 heterocycles. The zero-order valence-corrected chi connectivity index (χ0v) is 22.9. The van der Waals surface area contributed by atoms with E-state index in [1.54, 1.807) is 35.0 Å². The number of fused-ring (bicyclic) bond motifs is 1. The van der Waals surface area contributed by atoms with E-state index in [1.807, 2.05) is 29.2 Å². The van der Waals surface area contributed by atoms with Gasteiger partial charge in [-0.3, -0.25) is 9.69 Å². The Balaban J connectivity index is 0.000000348. The molecule has 210 valence electrons. The molecular formula is C29H32F2N6O2S. The molecule has 2 saturated heterocycles. The zero-order chi connectivity index (χ0) is 28.1. The van der Waals surface area contributed by atoms with E-state index >= 15 is 0 Å². The summed E-state index contributed by atoms with van der Waals surface area (Å²) < 4.78 is 27.2. The second kappa shape index (κ2) is 12.6. The quantitative estimate of drug-likeness (QED) is 0.309. The summed E-state index contributed by atoms with van der Waals surface area (Å²) in [6, 6.07) is 17.1. The van der Waals surface area contributed by atoms with Gasteiger partial charge in [-0.15, -0.1) is 17.7 Å². The highest BCUT2D eigenvalue weighted by Crippen LogP contribution is 2.21. The number of hydrogen-bond donors (Lipinski definition) is 3. The summed E-state index contributed by atoms with van der Waals surface area (Å²) in [7, 11) is 0. The Morgan fingerprint density at radius 3 is 2.52 bits per heavy atom. The lowest BCUT2D eigenvalue weighted by Gasteiger charge is -2.32. The fourth-order valence-electron chi connectivity index (χ4n) is 5.00. The van der Waals surface area contributed by atoms with Crippen LogP contribution in [0.1, 0.15) is 35.3 Å². The summed E-state index contributed by atoms with van der Waals surface area (Å²) in [4.78, 5) is 22.1. The van der Waals surface area contributed by atoms with Crippen molar-refractivity contribution in [2.75, 3.05) is 31.1 Å². The number of amides is 1. The Labute approximate surface area is 237 Å². The maximum Gasteiger partial charge on any atom is 0.271 e. The molecule has 2 aromatic carbocycles. The van der Waals surface area contributed by atoms with Gasteiger partial charge in [-0.2, -0.15) is 0 Å². The third-order valence-electron chi connectivity index (χ3n) is 7.08. The van der Waals surface area contributed by atoms with E-state index in [1.165, 1.54) is 12.1 Å². The van der Waals surface area contributed by atoms with E-state index in [0.29, 0.717) is 41.6 Å². The number of benzene rings is 2. The van der Waals surface area contributed by atoms with Gasteiger partial charge in [0.05, 0.1) is 12.7 Å². The van der Waals surface area contributed by atoms with Gasteiger partial charge in [0.1, 0.15) is 23.6 Å². The van der Waals surface area contributed by atoms with Gasteiger partial charge in [0.2, 0.25) is 0 Å². The molecule has 2 fully saturated rings. The van der Waals surface area contributed by atoms with E-state index in [2.05, 4.69) is 32.9 Å². The molecular weight excluding hydrogens is 534 g/mol. The Bertz CT molecular complexity index is 1440.